The smallest absolute Gasteiger partial charge is 0.338 e. The Balaban J connectivity index is 1.49. The van der Waals surface area contributed by atoms with Crippen LogP contribution in [-0.2, 0) is 28.4 Å². The van der Waals surface area contributed by atoms with Gasteiger partial charge in [-0.25, -0.2) is 14.4 Å². The van der Waals surface area contributed by atoms with Crippen LogP contribution in [-0.4, -0.2) is 75.4 Å². The summed E-state index contributed by atoms with van der Waals surface area (Å²) in [6.07, 6.45) is -2.20. The fraction of sp³-hybridized carbons (Fsp3) is 0.382. The van der Waals surface area contributed by atoms with Crippen LogP contribution in [0.25, 0.3) is 0 Å². The number of esters is 3. The molecule has 0 aliphatic heterocycles. The molecule has 0 saturated carbocycles. The van der Waals surface area contributed by atoms with Gasteiger partial charge in [-0.15, -0.1) is 0 Å². The van der Waals surface area contributed by atoms with E-state index >= 15 is 0 Å². The molecule has 0 aromatic heterocycles. The number of ether oxygens (including phenoxy) is 6. The van der Waals surface area contributed by atoms with Crippen LogP contribution in [0.3, 0.4) is 0 Å². The molecule has 0 aliphatic carbocycles. The van der Waals surface area contributed by atoms with E-state index in [1.54, 1.807) is 81.4 Å². The number of carbonyl (C=O) groups is 3. The lowest BCUT2D eigenvalue weighted by molar-refractivity contribution is -0.0966. The summed E-state index contributed by atoms with van der Waals surface area (Å²) in [4.78, 5) is 37.3. The quantitative estimate of drug-likeness (QED) is 0.123. The summed E-state index contributed by atoms with van der Waals surface area (Å²) in [5, 5.41) is 0. The minimum atomic E-state index is -0.564. The maximum atomic E-state index is 12.5. The van der Waals surface area contributed by atoms with Crippen molar-refractivity contribution < 1.29 is 42.8 Å². The van der Waals surface area contributed by atoms with Crippen molar-refractivity contribution in [1.29, 1.82) is 0 Å². The highest BCUT2D eigenvalue weighted by atomic mass is 16.6. The molecule has 3 aromatic rings. The van der Waals surface area contributed by atoms with E-state index in [9.17, 15) is 14.4 Å². The zero-order chi connectivity index (χ0) is 32.8. The number of aryl methyl sites for hydroxylation is 1. The highest BCUT2D eigenvalue weighted by Crippen LogP contribution is 2.12. The maximum Gasteiger partial charge on any atom is 0.338 e. The second-order valence-electron chi connectivity index (χ2n) is 10.8. The molecule has 4 N–H and O–H groups in total. The number of anilines is 2. The van der Waals surface area contributed by atoms with Crippen molar-refractivity contribution >= 4 is 29.3 Å². The fourth-order valence-corrected chi connectivity index (χ4v) is 3.93. The minimum absolute atomic E-state index is 0.0817. The normalized spacial score (nSPS) is 13.7. The number of carbonyl (C=O) groups excluding carboxylic acids is 3. The highest BCUT2D eigenvalue weighted by Gasteiger charge is 2.19. The Morgan fingerprint density at radius 1 is 0.533 bits per heavy atom. The molecule has 242 valence electrons. The van der Waals surface area contributed by atoms with Crippen molar-refractivity contribution in [3.63, 3.8) is 0 Å². The third-order valence-electron chi connectivity index (χ3n) is 6.38. The Morgan fingerprint density at radius 3 is 1.24 bits per heavy atom. The maximum absolute atomic E-state index is 12.5. The Labute approximate surface area is 263 Å². The highest BCUT2D eigenvalue weighted by molar-refractivity contribution is 5.90. The van der Waals surface area contributed by atoms with Gasteiger partial charge in [-0.3, -0.25) is 0 Å². The van der Waals surface area contributed by atoms with Gasteiger partial charge in [0, 0.05) is 11.4 Å². The summed E-state index contributed by atoms with van der Waals surface area (Å²) in [5.41, 5.74) is 14.7. The molecule has 0 fully saturated rings. The number of rotatable bonds is 17. The van der Waals surface area contributed by atoms with E-state index in [0.29, 0.717) is 28.1 Å². The Bertz CT molecular complexity index is 1290. The average molecular weight is 623 g/mol. The zero-order valence-electron chi connectivity index (χ0n) is 26.1. The van der Waals surface area contributed by atoms with Crippen LogP contribution in [0.4, 0.5) is 11.4 Å². The second-order valence-corrected chi connectivity index (χ2v) is 10.8. The molecule has 3 rings (SSSR count). The van der Waals surface area contributed by atoms with E-state index in [-0.39, 0.29) is 33.0 Å². The first-order valence-electron chi connectivity index (χ1n) is 14.7. The van der Waals surface area contributed by atoms with E-state index in [1.165, 1.54) is 0 Å². The van der Waals surface area contributed by atoms with Gasteiger partial charge in [0.15, 0.2) is 0 Å². The van der Waals surface area contributed by atoms with Crippen molar-refractivity contribution in [2.45, 2.75) is 52.1 Å². The Kier molecular flexibility index (Phi) is 13.8. The van der Waals surface area contributed by atoms with Gasteiger partial charge >= 0.3 is 17.9 Å². The van der Waals surface area contributed by atoms with Gasteiger partial charge < -0.3 is 39.9 Å². The SMILES string of the molecule is Cc1ccc(C(=O)OC(C)COC(COCC(C)OC(=O)c2ccc(N)cc2)COCC(C)OC(=O)c2ccc(N)cc2)cc1. The van der Waals surface area contributed by atoms with Crippen molar-refractivity contribution in [2.24, 2.45) is 0 Å². The third-order valence-corrected chi connectivity index (χ3v) is 6.38. The molecule has 0 bridgehead atoms. The molecule has 0 heterocycles. The summed E-state index contributed by atoms with van der Waals surface area (Å²) >= 11 is 0. The molecule has 0 amide bonds. The van der Waals surface area contributed by atoms with Crippen molar-refractivity contribution in [3.8, 4) is 0 Å². The molecule has 0 aliphatic rings. The topological polar surface area (TPSA) is 159 Å². The van der Waals surface area contributed by atoms with Crippen LogP contribution in [0.2, 0.25) is 0 Å². The first-order valence-corrected chi connectivity index (χ1v) is 14.7. The Morgan fingerprint density at radius 2 is 0.867 bits per heavy atom. The molecule has 0 radical (unpaired) electrons. The fourth-order valence-electron chi connectivity index (χ4n) is 3.93. The van der Waals surface area contributed by atoms with Crippen LogP contribution < -0.4 is 11.5 Å². The number of nitrogens with two attached hydrogens (primary N) is 2. The standard InChI is InChI=1S/C34H42N2O9/c1-22-5-7-26(8-6-22)32(37)45-25(4)19-42-31(20-40-17-23(2)43-33(38)27-9-13-29(35)14-10-27)21-41-18-24(3)44-34(39)28-11-15-30(36)16-12-28/h5-16,23-25,31H,17-21,35-36H2,1-4H3. The van der Waals surface area contributed by atoms with Crippen molar-refractivity contribution in [1.82, 2.24) is 0 Å². The lowest BCUT2D eigenvalue weighted by Crippen LogP contribution is -2.33. The summed E-state index contributed by atoms with van der Waals surface area (Å²) in [6, 6.07) is 19.9. The molecular formula is C34H42N2O9. The molecule has 3 unspecified atom stereocenters. The molecule has 0 spiro atoms. The summed E-state index contributed by atoms with van der Waals surface area (Å²) in [7, 11) is 0. The molecule has 45 heavy (non-hydrogen) atoms. The van der Waals surface area contributed by atoms with Gasteiger partial charge in [-0.05, 0) is 88.4 Å². The third kappa shape index (κ3) is 12.6. The van der Waals surface area contributed by atoms with Crippen LogP contribution in [0.5, 0.6) is 0 Å². The molecule has 3 aromatic carbocycles. The molecular weight excluding hydrogens is 580 g/mol. The van der Waals surface area contributed by atoms with Gasteiger partial charge in [0.1, 0.15) is 24.4 Å². The van der Waals surface area contributed by atoms with Crippen LogP contribution in [0.15, 0.2) is 72.8 Å². The van der Waals surface area contributed by atoms with E-state index < -0.39 is 42.3 Å². The summed E-state index contributed by atoms with van der Waals surface area (Å²) in [6.45, 7) is 7.58. The van der Waals surface area contributed by atoms with Gasteiger partial charge in [-0.2, -0.15) is 0 Å². The molecule has 11 nitrogen and oxygen atoms in total. The predicted molar refractivity (Wildman–Crippen MR) is 169 cm³/mol. The van der Waals surface area contributed by atoms with Crippen LogP contribution >= 0.6 is 0 Å². The predicted octanol–water partition coefficient (Wildman–Crippen LogP) is 4.61. The van der Waals surface area contributed by atoms with E-state index in [1.807, 2.05) is 19.1 Å². The Hall–Kier alpha value is -4.45. The molecule has 0 saturated heterocycles. The lowest BCUT2D eigenvalue weighted by atomic mass is 10.1. The van der Waals surface area contributed by atoms with Crippen molar-refractivity contribution in [2.75, 3.05) is 44.5 Å². The van der Waals surface area contributed by atoms with Crippen molar-refractivity contribution in [3.05, 3.63) is 95.1 Å². The van der Waals surface area contributed by atoms with E-state index in [4.69, 9.17) is 39.9 Å². The number of hydrogen-bond donors (Lipinski definition) is 2. The number of benzene rings is 3. The van der Waals surface area contributed by atoms with E-state index in [0.717, 1.165) is 5.56 Å². The number of hydrogen-bond acceptors (Lipinski definition) is 11. The molecule has 11 heteroatoms. The summed E-state index contributed by atoms with van der Waals surface area (Å²) < 4.78 is 34.0. The number of nitrogen functional groups attached to an aromatic ring is 2. The first-order chi connectivity index (χ1) is 21.5. The van der Waals surface area contributed by atoms with Gasteiger partial charge in [0.25, 0.3) is 0 Å². The monoisotopic (exact) mass is 622 g/mol. The molecule has 3 atom stereocenters. The lowest BCUT2D eigenvalue weighted by Gasteiger charge is -2.22. The van der Waals surface area contributed by atoms with Gasteiger partial charge in [0.2, 0.25) is 0 Å². The average Bonchev–Trinajstić information content (AvgIpc) is 3.00. The second kappa shape index (κ2) is 17.7. The van der Waals surface area contributed by atoms with Gasteiger partial charge in [0.05, 0.1) is 49.7 Å². The van der Waals surface area contributed by atoms with Gasteiger partial charge in [-0.1, -0.05) is 17.7 Å². The van der Waals surface area contributed by atoms with E-state index in [2.05, 4.69) is 0 Å². The first kappa shape index (κ1) is 35.0. The summed E-state index contributed by atoms with van der Waals surface area (Å²) in [5.74, 6) is -1.44. The zero-order valence-corrected chi connectivity index (χ0v) is 26.1. The van der Waals surface area contributed by atoms with Crippen LogP contribution in [0.1, 0.15) is 57.4 Å². The minimum Gasteiger partial charge on any atom is -0.457 e. The largest absolute Gasteiger partial charge is 0.457 e. The van der Waals surface area contributed by atoms with Crippen LogP contribution in [0, 0.1) is 6.92 Å².